The summed E-state index contributed by atoms with van der Waals surface area (Å²) in [4.78, 5) is 13.3. The number of halogens is 1. The van der Waals surface area contributed by atoms with Gasteiger partial charge in [-0.15, -0.1) is 23.7 Å². The largest absolute Gasteiger partial charge is 0.326 e. The highest BCUT2D eigenvalue weighted by Gasteiger charge is 2.07. The van der Waals surface area contributed by atoms with Gasteiger partial charge in [-0.2, -0.15) is 0 Å². The highest BCUT2D eigenvalue weighted by Crippen LogP contribution is 2.16. The summed E-state index contributed by atoms with van der Waals surface area (Å²) in [5, 5.41) is 8.33. The van der Waals surface area contributed by atoms with Crippen molar-refractivity contribution < 1.29 is 4.79 Å². The normalized spacial score (nSPS) is 9.95. The molecule has 1 aromatic heterocycles. The molecule has 0 spiro atoms. The summed E-state index contributed by atoms with van der Waals surface area (Å²) in [6, 6.07) is 12.0. The van der Waals surface area contributed by atoms with Crippen molar-refractivity contribution in [3.05, 3.63) is 52.2 Å². The number of anilines is 1. The average molecular weight is 325 g/mol. The van der Waals surface area contributed by atoms with Gasteiger partial charge in [0.25, 0.3) is 0 Å². The molecule has 0 radical (unpaired) electrons. The second-order valence-electron chi connectivity index (χ2n) is 4.57. The first-order valence-electron chi connectivity index (χ1n) is 6.90. The maximum Gasteiger partial charge on any atom is 0.224 e. The van der Waals surface area contributed by atoms with E-state index in [0.29, 0.717) is 6.42 Å². The summed E-state index contributed by atoms with van der Waals surface area (Å²) in [6.45, 7) is 3.76. The standard InChI is InChI=1S/C16H20N2OS.ClH/c1-2-17-12-13-6-3-4-8-15(13)18-16(19)10-9-14-7-5-11-20-14;/h3-8,11,17H,2,9-10,12H2,1H3,(H,18,19);1H. The second-order valence-corrected chi connectivity index (χ2v) is 5.60. The van der Waals surface area contributed by atoms with E-state index in [1.807, 2.05) is 35.7 Å². The van der Waals surface area contributed by atoms with Crippen LogP contribution in [-0.4, -0.2) is 12.5 Å². The molecule has 21 heavy (non-hydrogen) atoms. The fourth-order valence-electron chi connectivity index (χ4n) is 1.96. The van der Waals surface area contributed by atoms with Crippen molar-refractivity contribution in [2.75, 3.05) is 11.9 Å². The van der Waals surface area contributed by atoms with Crippen molar-refractivity contribution in [1.82, 2.24) is 5.32 Å². The Morgan fingerprint density at radius 2 is 2.00 bits per heavy atom. The molecule has 114 valence electrons. The van der Waals surface area contributed by atoms with Crippen molar-refractivity contribution in [1.29, 1.82) is 0 Å². The van der Waals surface area contributed by atoms with Crippen LogP contribution in [0.4, 0.5) is 5.69 Å². The number of rotatable bonds is 7. The first-order chi connectivity index (χ1) is 9.79. The monoisotopic (exact) mass is 324 g/mol. The molecular formula is C16H21ClN2OS. The number of aryl methyl sites for hydroxylation is 1. The third kappa shape index (κ3) is 5.87. The van der Waals surface area contributed by atoms with Gasteiger partial charge in [0.2, 0.25) is 5.91 Å². The molecule has 0 saturated carbocycles. The molecule has 2 N–H and O–H groups in total. The van der Waals surface area contributed by atoms with E-state index in [1.165, 1.54) is 4.88 Å². The number of carbonyl (C=O) groups is 1. The van der Waals surface area contributed by atoms with Crippen LogP contribution in [0.15, 0.2) is 41.8 Å². The van der Waals surface area contributed by atoms with Gasteiger partial charge < -0.3 is 10.6 Å². The highest BCUT2D eigenvalue weighted by atomic mass is 35.5. The zero-order valence-corrected chi connectivity index (χ0v) is 13.7. The number of carbonyl (C=O) groups excluding carboxylic acids is 1. The minimum atomic E-state index is 0. The van der Waals surface area contributed by atoms with Crippen LogP contribution in [0.3, 0.4) is 0 Å². The maximum absolute atomic E-state index is 12.0. The topological polar surface area (TPSA) is 41.1 Å². The zero-order valence-electron chi connectivity index (χ0n) is 12.1. The molecule has 0 aliphatic heterocycles. The first kappa shape index (κ1) is 17.7. The highest BCUT2D eigenvalue weighted by molar-refractivity contribution is 7.09. The number of benzene rings is 1. The van der Waals surface area contributed by atoms with Gasteiger partial charge in [-0.1, -0.05) is 31.2 Å². The predicted octanol–water partition coefficient (Wildman–Crippen LogP) is 3.85. The van der Waals surface area contributed by atoms with Crippen LogP contribution in [0.2, 0.25) is 0 Å². The van der Waals surface area contributed by atoms with E-state index >= 15 is 0 Å². The van der Waals surface area contributed by atoms with Gasteiger partial charge in [-0.25, -0.2) is 0 Å². The molecule has 0 bridgehead atoms. The van der Waals surface area contributed by atoms with Crippen LogP contribution < -0.4 is 10.6 Å². The Labute approximate surface area is 136 Å². The maximum atomic E-state index is 12.0. The summed E-state index contributed by atoms with van der Waals surface area (Å²) in [5.74, 6) is 0.0716. The molecule has 0 fully saturated rings. The van der Waals surface area contributed by atoms with E-state index in [1.54, 1.807) is 11.3 Å². The van der Waals surface area contributed by atoms with E-state index < -0.39 is 0 Å². The predicted molar refractivity (Wildman–Crippen MR) is 92.3 cm³/mol. The summed E-state index contributed by atoms with van der Waals surface area (Å²) in [7, 11) is 0. The molecule has 1 aromatic carbocycles. The molecule has 1 amide bonds. The van der Waals surface area contributed by atoms with E-state index in [0.717, 1.165) is 30.8 Å². The van der Waals surface area contributed by atoms with Gasteiger partial charge in [0.1, 0.15) is 0 Å². The average Bonchev–Trinajstić information content (AvgIpc) is 2.97. The first-order valence-corrected chi connectivity index (χ1v) is 7.78. The Bertz CT molecular complexity index is 543. The smallest absolute Gasteiger partial charge is 0.224 e. The second kappa shape index (κ2) is 9.55. The van der Waals surface area contributed by atoms with E-state index in [9.17, 15) is 4.79 Å². The molecule has 0 aliphatic rings. The lowest BCUT2D eigenvalue weighted by atomic mass is 10.1. The Hall–Kier alpha value is -1.36. The van der Waals surface area contributed by atoms with Crippen LogP contribution in [0.1, 0.15) is 23.8 Å². The fraction of sp³-hybridized carbons (Fsp3) is 0.312. The molecule has 0 unspecified atom stereocenters. The number of amides is 1. The third-order valence-electron chi connectivity index (χ3n) is 3.04. The lowest BCUT2D eigenvalue weighted by Gasteiger charge is -2.11. The Balaban J connectivity index is 0.00000220. The van der Waals surface area contributed by atoms with Gasteiger partial charge >= 0.3 is 0 Å². The lowest BCUT2D eigenvalue weighted by molar-refractivity contribution is -0.116. The van der Waals surface area contributed by atoms with E-state index in [2.05, 4.69) is 23.6 Å². The SMILES string of the molecule is CCNCc1ccccc1NC(=O)CCc1cccs1.Cl. The molecular weight excluding hydrogens is 304 g/mol. The van der Waals surface area contributed by atoms with Crippen molar-refractivity contribution in [2.45, 2.75) is 26.3 Å². The number of thiophene rings is 1. The summed E-state index contributed by atoms with van der Waals surface area (Å²) < 4.78 is 0. The Morgan fingerprint density at radius 3 is 2.71 bits per heavy atom. The minimum Gasteiger partial charge on any atom is -0.326 e. The fourth-order valence-corrected chi connectivity index (χ4v) is 2.67. The van der Waals surface area contributed by atoms with E-state index in [4.69, 9.17) is 0 Å². The van der Waals surface area contributed by atoms with Crippen molar-refractivity contribution in [2.24, 2.45) is 0 Å². The molecule has 2 aromatic rings. The number of hydrogen-bond donors (Lipinski definition) is 2. The van der Waals surface area contributed by atoms with Gasteiger partial charge in [-0.05, 0) is 36.0 Å². The van der Waals surface area contributed by atoms with Crippen LogP contribution >= 0.6 is 23.7 Å². The van der Waals surface area contributed by atoms with Crippen LogP contribution in [0.5, 0.6) is 0 Å². The summed E-state index contributed by atoms with van der Waals surface area (Å²) in [6.07, 6.45) is 1.33. The zero-order chi connectivity index (χ0) is 14.2. The molecule has 0 saturated heterocycles. The molecule has 2 rings (SSSR count). The Kier molecular flexibility index (Phi) is 8.05. The minimum absolute atomic E-state index is 0. The van der Waals surface area contributed by atoms with Gasteiger partial charge in [-0.3, -0.25) is 4.79 Å². The summed E-state index contributed by atoms with van der Waals surface area (Å²) in [5.41, 5.74) is 2.03. The van der Waals surface area contributed by atoms with Gasteiger partial charge in [0.15, 0.2) is 0 Å². The van der Waals surface area contributed by atoms with Crippen LogP contribution in [-0.2, 0) is 17.8 Å². The van der Waals surface area contributed by atoms with Crippen molar-refractivity contribution in [3.8, 4) is 0 Å². The van der Waals surface area contributed by atoms with Gasteiger partial charge in [0, 0.05) is 23.5 Å². The number of para-hydroxylation sites is 1. The molecule has 5 heteroatoms. The van der Waals surface area contributed by atoms with E-state index in [-0.39, 0.29) is 18.3 Å². The van der Waals surface area contributed by atoms with Crippen LogP contribution in [0.25, 0.3) is 0 Å². The molecule has 3 nitrogen and oxygen atoms in total. The molecule has 1 heterocycles. The quantitative estimate of drug-likeness (QED) is 0.812. The summed E-state index contributed by atoms with van der Waals surface area (Å²) >= 11 is 1.70. The van der Waals surface area contributed by atoms with Crippen LogP contribution in [0, 0.1) is 0 Å². The molecule has 0 aliphatic carbocycles. The van der Waals surface area contributed by atoms with Gasteiger partial charge in [0.05, 0.1) is 0 Å². The van der Waals surface area contributed by atoms with Crippen molar-refractivity contribution >= 4 is 35.3 Å². The Morgan fingerprint density at radius 1 is 1.19 bits per heavy atom. The lowest BCUT2D eigenvalue weighted by Crippen LogP contribution is -2.17. The van der Waals surface area contributed by atoms with Crippen molar-refractivity contribution in [3.63, 3.8) is 0 Å². The number of hydrogen-bond acceptors (Lipinski definition) is 3. The third-order valence-corrected chi connectivity index (χ3v) is 3.97. The number of nitrogens with one attached hydrogen (secondary N) is 2. The molecule has 0 atom stereocenters.